The third-order valence-corrected chi connectivity index (χ3v) is 3.16. The largest absolute Gasteiger partial charge is 0.360 e. The van der Waals surface area contributed by atoms with Crippen LogP contribution in [0, 0.1) is 18.3 Å². The lowest BCUT2D eigenvalue weighted by molar-refractivity contribution is -0.117. The van der Waals surface area contributed by atoms with Crippen LogP contribution in [-0.2, 0) is 9.59 Å². The topological polar surface area (TPSA) is 99.2 Å². The van der Waals surface area contributed by atoms with E-state index in [9.17, 15) is 9.59 Å². The smallest absolute Gasteiger partial charge is 0.226 e. The molecule has 2 amide bonds. The molecule has 2 aromatic rings. The molecule has 23 heavy (non-hydrogen) atoms. The van der Waals surface area contributed by atoms with Gasteiger partial charge in [-0.05, 0) is 19.1 Å². The third-order valence-electron chi connectivity index (χ3n) is 3.16. The number of nitrogens with zero attached hydrogens (tertiary/aromatic N) is 3. The number of hydrogen-bond acceptors (Lipinski definition) is 5. The maximum atomic E-state index is 12.0. The molecule has 0 saturated carbocycles. The summed E-state index contributed by atoms with van der Waals surface area (Å²) < 4.78 is 4.95. The predicted molar refractivity (Wildman–Crippen MR) is 83.7 cm³/mol. The zero-order valence-electron chi connectivity index (χ0n) is 12.9. The molecule has 1 aromatic carbocycles. The number of anilines is 2. The van der Waals surface area contributed by atoms with Gasteiger partial charge < -0.3 is 9.84 Å². The third kappa shape index (κ3) is 4.17. The quantitative estimate of drug-likeness (QED) is 0.912. The standard InChI is InChI=1S/C16H16N4O3/c1-11-9-15(19-23-11)20(12(2)21)8-7-16(22)18-14-6-4-3-5-13(14)10-17/h3-6,9H,7-8H2,1-2H3,(H,18,22). The van der Waals surface area contributed by atoms with Crippen LogP contribution in [0.2, 0.25) is 0 Å². The number of aromatic nitrogens is 1. The first-order valence-electron chi connectivity index (χ1n) is 7.01. The molecule has 0 fully saturated rings. The van der Waals surface area contributed by atoms with Crippen molar-refractivity contribution in [2.45, 2.75) is 20.3 Å². The predicted octanol–water partition coefficient (Wildman–Crippen LogP) is 2.24. The van der Waals surface area contributed by atoms with Crippen molar-refractivity contribution in [3.8, 4) is 6.07 Å². The molecule has 1 heterocycles. The molecule has 2 rings (SSSR count). The van der Waals surface area contributed by atoms with Crippen LogP contribution < -0.4 is 10.2 Å². The fraction of sp³-hybridized carbons (Fsp3) is 0.250. The normalized spacial score (nSPS) is 9.96. The Labute approximate surface area is 133 Å². The van der Waals surface area contributed by atoms with Gasteiger partial charge in [-0.2, -0.15) is 5.26 Å². The molecule has 0 atom stereocenters. The van der Waals surface area contributed by atoms with Crippen molar-refractivity contribution in [1.29, 1.82) is 5.26 Å². The lowest BCUT2D eigenvalue weighted by Crippen LogP contribution is -2.32. The van der Waals surface area contributed by atoms with E-state index in [1.807, 2.05) is 6.07 Å². The molecule has 0 bridgehead atoms. The summed E-state index contributed by atoms with van der Waals surface area (Å²) in [6, 6.07) is 10.4. The fourth-order valence-corrected chi connectivity index (χ4v) is 2.03. The number of nitrogens with one attached hydrogen (secondary N) is 1. The van der Waals surface area contributed by atoms with E-state index in [2.05, 4.69) is 10.5 Å². The Balaban J connectivity index is 2.00. The van der Waals surface area contributed by atoms with Gasteiger partial charge in [-0.15, -0.1) is 0 Å². The zero-order valence-corrected chi connectivity index (χ0v) is 12.9. The van der Waals surface area contributed by atoms with Crippen molar-refractivity contribution in [1.82, 2.24) is 5.16 Å². The molecule has 7 nitrogen and oxygen atoms in total. The first-order chi connectivity index (χ1) is 11.0. The average Bonchev–Trinajstić information content (AvgIpc) is 2.94. The average molecular weight is 312 g/mol. The molecule has 1 aromatic heterocycles. The van der Waals surface area contributed by atoms with E-state index in [1.165, 1.54) is 11.8 Å². The Morgan fingerprint density at radius 2 is 2.13 bits per heavy atom. The van der Waals surface area contributed by atoms with E-state index in [-0.39, 0.29) is 24.8 Å². The van der Waals surface area contributed by atoms with Gasteiger partial charge in [0.05, 0.1) is 11.3 Å². The van der Waals surface area contributed by atoms with Gasteiger partial charge in [0.25, 0.3) is 0 Å². The molecule has 0 aliphatic rings. The number of rotatable bonds is 5. The summed E-state index contributed by atoms with van der Waals surface area (Å²) in [4.78, 5) is 25.1. The van der Waals surface area contributed by atoms with Crippen LogP contribution in [0.15, 0.2) is 34.9 Å². The number of amides is 2. The number of aryl methyl sites for hydroxylation is 1. The van der Waals surface area contributed by atoms with Gasteiger partial charge >= 0.3 is 0 Å². The highest BCUT2D eigenvalue weighted by atomic mass is 16.5. The van der Waals surface area contributed by atoms with E-state index in [0.29, 0.717) is 22.8 Å². The second-order valence-corrected chi connectivity index (χ2v) is 4.92. The lowest BCUT2D eigenvalue weighted by Gasteiger charge is -2.17. The Bertz CT molecular complexity index is 761. The Morgan fingerprint density at radius 1 is 1.39 bits per heavy atom. The zero-order chi connectivity index (χ0) is 16.8. The lowest BCUT2D eigenvalue weighted by atomic mass is 10.2. The summed E-state index contributed by atoms with van der Waals surface area (Å²) in [5.74, 6) is 0.432. The first kappa shape index (κ1) is 16.2. The first-order valence-corrected chi connectivity index (χ1v) is 7.01. The molecule has 0 unspecified atom stereocenters. The summed E-state index contributed by atoms with van der Waals surface area (Å²) >= 11 is 0. The second kappa shape index (κ2) is 7.22. The fourth-order valence-electron chi connectivity index (χ4n) is 2.03. The van der Waals surface area contributed by atoms with Crippen LogP contribution >= 0.6 is 0 Å². The highest BCUT2D eigenvalue weighted by Gasteiger charge is 2.17. The number of benzene rings is 1. The van der Waals surface area contributed by atoms with Crippen molar-refractivity contribution < 1.29 is 14.1 Å². The Kier molecular flexibility index (Phi) is 5.10. The number of nitriles is 1. The van der Waals surface area contributed by atoms with Gasteiger partial charge in [0.1, 0.15) is 11.8 Å². The van der Waals surface area contributed by atoms with E-state index in [0.717, 1.165) is 0 Å². The number of carbonyl (C=O) groups is 2. The van der Waals surface area contributed by atoms with Crippen molar-refractivity contribution in [2.24, 2.45) is 0 Å². The highest BCUT2D eigenvalue weighted by Crippen LogP contribution is 2.16. The minimum atomic E-state index is -0.292. The van der Waals surface area contributed by atoms with Gasteiger partial charge in [0.15, 0.2) is 5.82 Å². The number of hydrogen-bond donors (Lipinski definition) is 1. The Morgan fingerprint density at radius 3 is 2.74 bits per heavy atom. The van der Waals surface area contributed by atoms with Crippen LogP contribution in [0.1, 0.15) is 24.7 Å². The molecule has 0 spiro atoms. The van der Waals surface area contributed by atoms with Gasteiger partial charge in [-0.25, -0.2) is 0 Å². The van der Waals surface area contributed by atoms with E-state index in [4.69, 9.17) is 9.78 Å². The number of para-hydroxylation sites is 1. The minimum absolute atomic E-state index is 0.0747. The molecule has 0 radical (unpaired) electrons. The van der Waals surface area contributed by atoms with E-state index in [1.54, 1.807) is 37.3 Å². The van der Waals surface area contributed by atoms with E-state index < -0.39 is 0 Å². The van der Waals surface area contributed by atoms with Crippen molar-refractivity contribution in [2.75, 3.05) is 16.8 Å². The van der Waals surface area contributed by atoms with Crippen LogP contribution in [0.3, 0.4) is 0 Å². The van der Waals surface area contributed by atoms with Crippen molar-refractivity contribution >= 4 is 23.3 Å². The molecule has 0 aliphatic carbocycles. The summed E-state index contributed by atoms with van der Waals surface area (Å²) in [5.41, 5.74) is 0.836. The van der Waals surface area contributed by atoms with Crippen LogP contribution in [0.25, 0.3) is 0 Å². The summed E-state index contributed by atoms with van der Waals surface area (Å²) in [6.07, 6.45) is 0.0747. The molecule has 7 heteroatoms. The SMILES string of the molecule is CC(=O)N(CCC(=O)Nc1ccccc1C#N)c1cc(C)on1. The van der Waals surface area contributed by atoms with E-state index >= 15 is 0 Å². The monoisotopic (exact) mass is 312 g/mol. The molecule has 0 saturated heterocycles. The maximum absolute atomic E-state index is 12.0. The van der Waals surface area contributed by atoms with Gasteiger partial charge in [0, 0.05) is 26.0 Å². The van der Waals surface area contributed by atoms with Gasteiger partial charge in [0.2, 0.25) is 11.8 Å². The van der Waals surface area contributed by atoms with Crippen LogP contribution in [-0.4, -0.2) is 23.5 Å². The Hall–Kier alpha value is -3.14. The molecular formula is C16H16N4O3. The highest BCUT2D eigenvalue weighted by molar-refractivity contribution is 5.94. The second-order valence-electron chi connectivity index (χ2n) is 4.92. The maximum Gasteiger partial charge on any atom is 0.226 e. The molecular weight excluding hydrogens is 296 g/mol. The summed E-state index contributed by atoms with van der Waals surface area (Å²) in [6.45, 7) is 3.29. The number of carbonyl (C=O) groups excluding carboxylic acids is 2. The van der Waals surface area contributed by atoms with Crippen molar-refractivity contribution in [3.63, 3.8) is 0 Å². The van der Waals surface area contributed by atoms with Crippen LogP contribution in [0.4, 0.5) is 11.5 Å². The molecule has 0 aliphatic heterocycles. The van der Waals surface area contributed by atoms with Crippen molar-refractivity contribution in [3.05, 3.63) is 41.7 Å². The summed E-state index contributed by atoms with van der Waals surface area (Å²) in [7, 11) is 0. The van der Waals surface area contributed by atoms with Gasteiger partial charge in [-0.3, -0.25) is 14.5 Å². The van der Waals surface area contributed by atoms with Gasteiger partial charge in [-0.1, -0.05) is 17.3 Å². The molecule has 1 N–H and O–H groups in total. The molecule has 118 valence electrons. The van der Waals surface area contributed by atoms with Crippen LogP contribution in [0.5, 0.6) is 0 Å². The summed E-state index contributed by atoms with van der Waals surface area (Å²) in [5, 5.41) is 15.5. The minimum Gasteiger partial charge on any atom is -0.360 e.